The highest BCUT2D eigenvalue weighted by molar-refractivity contribution is 14.1. The van der Waals surface area contributed by atoms with Gasteiger partial charge >= 0.3 is 0 Å². The van der Waals surface area contributed by atoms with Crippen molar-refractivity contribution in [2.75, 3.05) is 6.61 Å². The van der Waals surface area contributed by atoms with Crippen LogP contribution in [0.2, 0.25) is 5.02 Å². The lowest BCUT2D eigenvalue weighted by Gasteiger charge is -2.11. The number of carbonyl (C=O) groups excluding carboxylic acids is 2. The molecule has 1 fully saturated rings. The topological polar surface area (TPSA) is 67.4 Å². The molecule has 0 radical (unpaired) electrons. The highest BCUT2D eigenvalue weighted by Crippen LogP contribution is 2.19. The molecule has 19 heavy (non-hydrogen) atoms. The minimum absolute atomic E-state index is 0.325. The van der Waals surface area contributed by atoms with E-state index in [9.17, 15) is 9.59 Å². The van der Waals surface area contributed by atoms with E-state index in [0.717, 1.165) is 9.99 Å². The number of ether oxygens (including phenoxy) is 1. The number of hydrogen-bond donors (Lipinski definition) is 2. The van der Waals surface area contributed by atoms with Crippen molar-refractivity contribution in [1.29, 1.82) is 0 Å². The molecule has 5 nitrogen and oxygen atoms in total. The van der Waals surface area contributed by atoms with Gasteiger partial charge in [-0.25, -0.2) is 0 Å². The summed E-state index contributed by atoms with van der Waals surface area (Å²) in [6, 6.07) is 4.88. The van der Waals surface area contributed by atoms with Gasteiger partial charge < -0.3 is 4.74 Å². The maximum Gasteiger partial charge on any atom is 0.269 e. The van der Waals surface area contributed by atoms with Crippen LogP contribution < -0.4 is 10.9 Å². The molecule has 2 amide bonds. The highest BCUT2D eigenvalue weighted by Gasteiger charge is 2.23. The van der Waals surface area contributed by atoms with E-state index < -0.39 is 6.10 Å². The third kappa shape index (κ3) is 3.80. The number of hydrogen-bond acceptors (Lipinski definition) is 3. The van der Waals surface area contributed by atoms with Crippen LogP contribution in [-0.2, 0) is 9.53 Å². The fourth-order valence-corrected chi connectivity index (χ4v) is 2.33. The Hall–Kier alpha value is -0.860. The second kappa shape index (κ2) is 6.53. The number of carbonyl (C=O) groups is 2. The molecule has 0 saturated carbocycles. The number of hydrazine groups is 1. The summed E-state index contributed by atoms with van der Waals surface area (Å²) < 4.78 is 5.98. The van der Waals surface area contributed by atoms with Crippen LogP contribution in [0.5, 0.6) is 0 Å². The van der Waals surface area contributed by atoms with E-state index in [1.54, 1.807) is 18.2 Å². The minimum Gasteiger partial charge on any atom is -0.368 e. The lowest BCUT2D eigenvalue weighted by atomic mass is 10.2. The van der Waals surface area contributed by atoms with E-state index in [2.05, 4.69) is 10.9 Å². The molecule has 0 aromatic heterocycles. The molecule has 1 heterocycles. The van der Waals surface area contributed by atoms with Gasteiger partial charge in [-0.3, -0.25) is 20.4 Å². The molecule has 1 atom stereocenters. The summed E-state index contributed by atoms with van der Waals surface area (Å²) in [5.41, 5.74) is 5.15. The molecule has 1 aromatic carbocycles. The van der Waals surface area contributed by atoms with Gasteiger partial charge in [0.05, 0.1) is 5.02 Å². The van der Waals surface area contributed by atoms with Crippen molar-refractivity contribution >= 4 is 46.0 Å². The number of rotatable bonds is 2. The van der Waals surface area contributed by atoms with E-state index in [-0.39, 0.29) is 11.8 Å². The van der Waals surface area contributed by atoms with Gasteiger partial charge in [-0.1, -0.05) is 11.6 Å². The molecule has 1 unspecified atom stereocenters. The molecular formula is C12H12ClIN2O3. The van der Waals surface area contributed by atoms with E-state index in [0.29, 0.717) is 23.6 Å². The van der Waals surface area contributed by atoms with E-state index >= 15 is 0 Å². The second-order valence-corrected chi connectivity index (χ2v) is 5.64. The molecule has 102 valence electrons. The zero-order valence-electron chi connectivity index (χ0n) is 9.91. The predicted octanol–water partition coefficient (Wildman–Crippen LogP) is 1.88. The summed E-state index contributed by atoms with van der Waals surface area (Å²) in [5, 5.41) is 0.584. The average Bonchev–Trinajstić information content (AvgIpc) is 2.92. The zero-order chi connectivity index (χ0) is 13.8. The average molecular weight is 395 g/mol. The third-order valence-electron chi connectivity index (χ3n) is 2.70. The number of amides is 2. The van der Waals surface area contributed by atoms with Gasteiger partial charge in [0.15, 0.2) is 0 Å². The quantitative estimate of drug-likeness (QED) is 0.595. The van der Waals surface area contributed by atoms with Crippen molar-refractivity contribution in [2.24, 2.45) is 0 Å². The summed E-state index contributed by atoms with van der Waals surface area (Å²) in [7, 11) is 0. The monoisotopic (exact) mass is 394 g/mol. The van der Waals surface area contributed by atoms with Crippen LogP contribution in [0.1, 0.15) is 23.2 Å². The molecule has 0 bridgehead atoms. The fourth-order valence-electron chi connectivity index (χ4n) is 1.69. The fraction of sp³-hybridized carbons (Fsp3) is 0.333. The predicted molar refractivity (Wildman–Crippen MR) is 78.8 cm³/mol. The first-order valence-corrected chi connectivity index (χ1v) is 7.20. The summed E-state index contributed by atoms with van der Waals surface area (Å²) in [6.07, 6.45) is 1.08. The van der Waals surface area contributed by atoms with Crippen LogP contribution >= 0.6 is 34.2 Å². The maximum absolute atomic E-state index is 11.8. The standard InChI is InChI=1S/C12H12ClIN2O3/c13-8-4-3-7(6-9(8)14)11(17)15-16-12(18)10-2-1-5-19-10/h3-4,6,10H,1-2,5H2,(H,15,17)(H,16,18). The molecule has 0 spiro atoms. The molecule has 0 aliphatic carbocycles. The van der Waals surface area contributed by atoms with Crippen molar-refractivity contribution in [2.45, 2.75) is 18.9 Å². The van der Waals surface area contributed by atoms with Crippen molar-refractivity contribution in [1.82, 2.24) is 10.9 Å². The van der Waals surface area contributed by atoms with E-state index in [4.69, 9.17) is 16.3 Å². The molecule has 2 N–H and O–H groups in total. The molecule has 1 saturated heterocycles. The van der Waals surface area contributed by atoms with E-state index in [1.165, 1.54) is 0 Å². The van der Waals surface area contributed by atoms with Crippen molar-refractivity contribution in [3.05, 3.63) is 32.4 Å². The van der Waals surface area contributed by atoms with Gasteiger partial charge in [0.1, 0.15) is 6.10 Å². The van der Waals surface area contributed by atoms with Gasteiger partial charge in [0.2, 0.25) is 0 Å². The van der Waals surface area contributed by atoms with Crippen LogP contribution in [-0.4, -0.2) is 24.5 Å². The van der Waals surface area contributed by atoms with Crippen LogP contribution in [0.15, 0.2) is 18.2 Å². The molecule has 2 rings (SSSR count). The normalized spacial score (nSPS) is 18.1. The van der Waals surface area contributed by atoms with E-state index in [1.807, 2.05) is 22.6 Å². The third-order valence-corrected chi connectivity index (χ3v) is 4.24. The van der Waals surface area contributed by atoms with Gasteiger partial charge in [0, 0.05) is 15.7 Å². The van der Waals surface area contributed by atoms with Crippen molar-refractivity contribution in [3.8, 4) is 0 Å². The Balaban J connectivity index is 1.90. The maximum atomic E-state index is 11.8. The lowest BCUT2D eigenvalue weighted by molar-refractivity contribution is -0.130. The van der Waals surface area contributed by atoms with Gasteiger partial charge in [0.25, 0.3) is 11.8 Å². The van der Waals surface area contributed by atoms with Crippen LogP contribution in [0, 0.1) is 3.57 Å². The first-order chi connectivity index (χ1) is 9.08. The van der Waals surface area contributed by atoms with Crippen molar-refractivity contribution < 1.29 is 14.3 Å². The Bertz CT molecular complexity index is 504. The van der Waals surface area contributed by atoms with Crippen LogP contribution in [0.25, 0.3) is 0 Å². The number of benzene rings is 1. The summed E-state index contributed by atoms with van der Waals surface area (Å²) in [5.74, 6) is -0.713. The first kappa shape index (κ1) is 14.5. The van der Waals surface area contributed by atoms with Gasteiger partial charge in [-0.05, 0) is 53.6 Å². The van der Waals surface area contributed by atoms with Gasteiger partial charge in [-0.2, -0.15) is 0 Å². The summed E-state index contributed by atoms with van der Waals surface area (Å²) >= 11 is 7.91. The summed E-state index contributed by atoms with van der Waals surface area (Å²) in [6.45, 7) is 0.585. The Labute approximate surface area is 129 Å². The Morgan fingerprint density at radius 3 is 2.79 bits per heavy atom. The molecule has 1 aliphatic rings. The summed E-state index contributed by atoms with van der Waals surface area (Å²) in [4.78, 5) is 23.4. The zero-order valence-corrected chi connectivity index (χ0v) is 12.8. The number of nitrogens with one attached hydrogen (secondary N) is 2. The van der Waals surface area contributed by atoms with Crippen LogP contribution in [0.4, 0.5) is 0 Å². The number of halogens is 2. The van der Waals surface area contributed by atoms with Crippen molar-refractivity contribution in [3.63, 3.8) is 0 Å². The SMILES string of the molecule is O=C(NNC(=O)C1CCCO1)c1ccc(Cl)c(I)c1. The molecular weight excluding hydrogens is 382 g/mol. The molecule has 1 aromatic rings. The minimum atomic E-state index is -0.467. The molecule has 7 heteroatoms. The Kier molecular flexibility index (Phi) is 5.00. The molecule has 1 aliphatic heterocycles. The Morgan fingerprint density at radius 2 is 2.16 bits per heavy atom. The Morgan fingerprint density at radius 1 is 1.37 bits per heavy atom. The smallest absolute Gasteiger partial charge is 0.269 e. The highest BCUT2D eigenvalue weighted by atomic mass is 127. The second-order valence-electron chi connectivity index (χ2n) is 4.07. The lowest BCUT2D eigenvalue weighted by Crippen LogP contribution is -2.46. The largest absolute Gasteiger partial charge is 0.368 e. The van der Waals surface area contributed by atoms with Gasteiger partial charge in [-0.15, -0.1) is 0 Å². The van der Waals surface area contributed by atoms with Crippen LogP contribution in [0.3, 0.4) is 0 Å². The first-order valence-electron chi connectivity index (χ1n) is 5.75.